The Labute approximate surface area is 203 Å². The summed E-state index contributed by atoms with van der Waals surface area (Å²) in [4.78, 5) is 10.4. The van der Waals surface area contributed by atoms with E-state index in [1.165, 1.54) is 38.0 Å². The summed E-state index contributed by atoms with van der Waals surface area (Å²) in [7, 11) is 0. The average Bonchev–Trinajstić information content (AvgIpc) is 3.06. The van der Waals surface area contributed by atoms with E-state index in [1.54, 1.807) is 0 Å². The van der Waals surface area contributed by atoms with Crippen molar-refractivity contribution in [1.29, 1.82) is 0 Å². The Morgan fingerprint density at radius 2 is 1.00 bits per heavy atom. The molecule has 4 aromatic rings. The summed E-state index contributed by atoms with van der Waals surface area (Å²) in [6, 6.07) is 24.6. The Morgan fingerprint density at radius 3 is 1.53 bits per heavy atom. The van der Waals surface area contributed by atoms with Gasteiger partial charge < -0.3 is 9.80 Å². The zero-order chi connectivity index (χ0) is 24.3. The fraction of sp³-hybridized carbons (Fsp3) is 0.387. The molecule has 0 N–H and O–H groups in total. The van der Waals surface area contributed by atoms with Gasteiger partial charge in [0.15, 0.2) is 0 Å². The maximum atomic E-state index is 5.35. The Hall–Kier alpha value is -3.07. The largest absolute Gasteiger partial charge is 0.327 e. The molecule has 0 bridgehead atoms. The van der Waals surface area contributed by atoms with Gasteiger partial charge in [-0.15, -0.1) is 0 Å². The minimum atomic E-state index is -0.173. The third-order valence-electron chi connectivity index (χ3n) is 9.44. The highest BCUT2D eigenvalue weighted by Crippen LogP contribution is 2.54. The Kier molecular flexibility index (Phi) is 3.99. The molecule has 0 atom stereocenters. The molecule has 0 radical (unpaired) electrons. The first-order valence-corrected chi connectivity index (χ1v) is 12.4. The van der Waals surface area contributed by atoms with Crippen molar-refractivity contribution in [3.8, 4) is 0 Å². The summed E-state index contributed by atoms with van der Waals surface area (Å²) < 4.78 is 0. The molecule has 0 amide bonds. The smallest absolute Gasteiger partial charge is 0.203 e. The highest BCUT2D eigenvalue weighted by molar-refractivity contribution is 6.26. The van der Waals surface area contributed by atoms with Crippen LogP contribution in [-0.4, -0.2) is 33.0 Å². The maximum Gasteiger partial charge on any atom is 0.203 e. The zero-order valence-corrected chi connectivity index (χ0v) is 21.7. The fourth-order valence-corrected chi connectivity index (χ4v) is 6.33. The van der Waals surface area contributed by atoms with Gasteiger partial charge in [-0.2, -0.15) is 0 Å². The lowest BCUT2D eigenvalue weighted by Crippen LogP contribution is -2.62. The molecule has 0 aromatic heterocycles. The number of aliphatic imine (C=N–C) groups is 1. The molecule has 2 heterocycles. The van der Waals surface area contributed by atoms with E-state index in [2.05, 4.69) is 132 Å². The Balaban J connectivity index is 1.66. The first-order valence-electron chi connectivity index (χ1n) is 12.4. The molecule has 0 spiro atoms. The molecule has 6 rings (SSSR count). The van der Waals surface area contributed by atoms with Gasteiger partial charge in [0.2, 0.25) is 5.96 Å². The van der Waals surface area contributed by atoms with Gasteiger partial charge in [0.25, 0.3) is 0 Å². The van der Waals surface area contributed by atoms with Crippen LogP contribution < -0.4 is 4.90 Å². The van der Waals surface area contributed by atoms with Gasteiger partial charge in [-0.05, 0) is 99.8 Å². The van der Waals surface area contributed by atoms with Crippen molar-refractivity contribution in [3.05, 3.63) is 66.7 Å². The summed E-state index contributed by atoms with van der Waals surface area (Å²) in [5.74, 6) is 1.09. The maximum absolute atomic E-state index is 5.35. The van der Waals surface area contributed by atoms with E-state index in [9.17, 15) is 0 Å². The number of benzene rings is 4. The molecular formula is C31H35N3. The second-order valence-electron chi connectivity index (χ2n) is 12.1. The summed E-state index contributed by atoms with van der Waals surface area (Å²) >= 11 is 0. The fourth-order valence-electron chi connectivity index (χ4n) is 6.33. The predicted octanol–water partition coefficient (Wildman–Crippen LogP) is 7.75. The highest BCUT2D eigenvalue weighted by Gasteiger charge is 2.65. The standard InChI is InChI=1S/C31H35N3/c1-28(2)29(3,4)34-27(32-28)33(30(5,6)31(34,7)8)20-17-18-25-23-15-10-9-13-21(23)22-14-11-12-16-24(22)26(25)19-20/h9-19H,1-8H3. The van der Waals surface area contributed by atoms with Crippen LogP contribution in [0.1, 0.15) is 55.4 Å². The van der Waals surface area contributed by atoms with Crippen molar-refractivity contribution >= 4 is 44.0 Å². The Morgan fingerprint density at radius 1 is 0.529 bits per heavy atom. The molecule has 2 aliphatic rings. The van der Waals surface area contributed by atoms with Gasteiger partial charge >= 0.3 is 0 Å². The lowest BCUT2D eigenvalue weighted by Gasteiger charge is -2.50. The van der Waals surface area contributed by atoms with Crippen LogP contribution in [0, 0.1) is 0 Å². The number of rotatable bonds is 1. The first-order chi connectivity index (χ1) is 15.9. The quantitative estimate of drug-likeness (QED) is 0.277. The number of hydrogen-bond donors (Lipinski definition) is 0. The number of anilines is 1. The van der Waals surface area contributed by atoms with Gasteiger partial charge in [0.1, 0.15) is 0 Å². The van der Waals surface area contributed by atoms with Crippen molar-refractivity contribution in [1.82, 2.24) is 4.90 Å². The van der Waals surface area contributed by atoms with E-state index in [-0.39, 0.29) is 22.2 Å². The molecular weight excluding hydrogens is 414 g/mol. The monoisotopic (exact) mass is 449 g/mol. The van der Waals surface area contributed by atoms with Crippen molar-refractivity contribution in [2.45, 2.75) is 77.5 Å². The molecule has 2 aliphatic heterocycles. The average molecular weight is 450 g/mol. The first kappa shape index (κ1) is 21.5. The minimum absolute atomic E-state index is 0.0857. The van der Waals surface area contributed by atoms with Crippen LogP contribution in [0.3, 0.4) is 0 Å². The van der Waals surface area contributed by atoms with Gasteiger partial charge in [-0.25, -0.2) is 4.99 Å². The van der Waals surface area contributed by atoms with Crippen LogP contribution in [-0.2, 0) is 0 Å². The van der Waals surface area contributed by atoms with Crippen LogP contribution in [0.4, 0.5) is 5.69 Å². The highest BCUT2D eigenvalue weighted by atomic mass is 15.6. The summed E-state index contributed by atoms with van der Waals surface area (Å²) in [6.07, 6.45) is 0. The third kappa shape index (κ3) is 2.40. The van der Waals surface area contributed by atoms with Crippen molar-refractivity contribution in [2.24, 2.45) is 4.99 Å². The van der Waals surface area contributed by atoms with E-state index >= 15 is 0 Å². The molecule has 4 aromatic carbocycles. The van der Waals surface area contributed by atoms with Crippen LogP contribution in [0.25, 0.3) is 32.3 Å². The van der Waals surface area contributed by atoms with Crippen LogP contribution in [0.5, 0.6) is 0 Å². The Bertz CT molecular complexity index is 1490. The van der Waals surface area contributed by atoms with Gasteiger partial charge in [0.05, 0.1) is 22.2 Å². The zero-order valence-electron chi connectivity index (χ0n) is 21.7. The lowest BCUT2D eigenvalue weighted by atomic mass is 9.76. The second kappa shape index (κ2) is 6.33. The van der Waals surface area contributed by atoms with E-state index in [0.29, 0.717) is 0 Å². The number of hydrogen-bond acceptors (Lipinski definition) is 3. The summed E-state index contributed by atoms with van der Waals surface area (Å²) in [5.41, 5.74) is 0.718. The molecule has 0 unspecified atom stereocenters. The third-order valence-corrected chi connectivity index (χ3v) is 9.44. The van der Waals surface area contributed by atoms with Crippen molar-refractivity contribution in [3.63, 3.8) is 0 Å². The van der Waals surface area contributed by atoms with Crippen LogP contribution in [0.2, 0.25) is 0 Å². The van der Waals surface area contributed by atoms with Gasteiger partial charge in [0, 0.05) is 5.69 Å². The summed E-state index contributed by atoms with van der Waals surface area (Å²) in [6.45, 7) is 18.7. The van der Waals surface area contributed by atoms with E-state index in [4.69, 9.17) is 4.99 Å². The minimum Gasteiger partial charge on any atom is -0.327 e. The molecule has 174 valence electrons. The van der Waals surface area contributed by atoms with E-state index in [1.807, 2.05) is 0 Å². The molecule has 34 heavy (non-hydrogen) atoms. The number of nitrogens with zero attached hydrogens (tertiary/aromatic N) is 3. The van der Waals surface area contributed by atoms with Crippen LogP contribution in [0.15, 0.2) is 71.7 Å². The number of fused-ring (bicyclic) bond motifs is 7. The predicted molar refractivity (Wildman–Crippen MR) is 147 cm³/mol. The van der Waals surface area contributed by atoms with Gasteiger partial charge in [-0.1, -0.05) is 54.6 Å². The van der Waals surface area contributed by atoms with E-state index < -0.39 is 0 Å². The normalized spacial score (nSPS) is 21.9. The SMILES string of the molecule is CC1(C)N=C2N(c3ccc4c5ccccc5c5ccccc5c4c3)C(C)(C)C(C)(C)N2C1(C)C. The lowest BCUT2D eigenvalue weighted by molar-refractivity contribution is 0.0529. The van der Waals surface area contributed by atoms with Crippen molar-refractivity contribution in [2.75, 3.05) is 4.90 Å². The second-order valence-corrected chi connectivity index (χ2v) is 12.1. The molecule has 3 heteroatoms. The molecule has 0 aliphatic carbocycles. The molecule has 3 nitrogen and oxygen atoms in total. The molecule has 1 fully saturated rings. The summed E-state index contributed by atoms with van der Waals surface area (Å²) in [5, 5.41) is 7.85. The topological polar surface area (TPSA) is 18.8 Å². The molecule has 0 saturated carbocycles. The van der Waals surface area contributed by atoms with E-state index in [0.717, 1.165) is 5.96 Å². The van der Waals surface area contributed by atoms with Crippen LogP contribution >= 0.6 is 0 Å². The molecule has 1 saturated heterocycles. The number of guanidine groups is 1. The van der Waals surface area contributed by atoms with Gasteiger partial charge in [-0.3, -0.25) is 0 Å². The van der Waals surface area contributed by atoms with Crippen molar-refractivity contribution < 1.29 is 0 Å².